The number of halogens is 1. The molecule has 0 radical (unpaired) electrons. The van der Waals surface area contributed by atoms with Crippen molar-refractivity contribution >= 4 is 23.4 Å². The smallest absolute Gasteiger partial charge is 0.234 e. The molecule has 4 aromatic rings. The summed E-state index contributed by atoms with van der Waals surface area (Å²) in [6, 6.07) is 21.6. The van der Waals surface area contributed by atoms with E-state index in [1.54, 1.807) is 12.1 Å². The largest absolute Gasteiger partial charge is 0.325 e. The lowest BCUT2D eigenvalue weighted by Crippen LogP contribution is -2.15. The molecule has 0 aliphatic carbocycles. The Morgan fingerprint density at radius 3 is 2.45 bits per heavy atom. The maximum atomic E-state index is 13.4. The Labute approximate surface area is 184 Å². The molecule has 4 rings (SSSR count). The van der Waals surface area contributed by atoms with E-state index in [0.717, 1.165) is 28.1 Å². The van der Waals surface area contributed by atoms with Gasteiger partial charge in [0.25, 0.3) is 0 Å². The molecule has 0 unspecified atom stereocenters. The number of aromatic nitrogens is 3. The Morgan fingerprint density at radius 1 is 0.968 bits per heavy atom. The van der Waals surface area contributed by atoms with Gasteiger partial charge in [-0.1, -0.05) is 42.1 Å². The highest BCUT2D eigenvalue weighted by Gasteiger charge is 2.17. The van der Waals surface area contributed by atoms with Gasteiger partial charge in [0.05, 0.1) is 5.75 Å². The summed E-state index contributed by atoms with van der Waals surface area (Å²) >= 11 is 1.30. The predicted octanol–water partition coefficient (Wildman–Crippen LogP) is 5.42. The van der Waals surface area contributed by atoms with Crippen molar-refractivity contribution in [3.8, 4) is 17.1 Å². The lowest BCUT2D eigenvalue weighted by molar-refractivity contribution is -0.113. The molecule has 156 valence electrons. The standard InChI is InChI=1S/C24H21FN4OS/c1-16-7-6-10-21(17(16)2)26-22(30)15-31-24-28-27-23(18-11-13-19(25)14-12-18)29(24)20-8-4-3-5-9-20/h3-14H,15H2,1-2H3,(H,26,30). The van der Waals surface area contributed by atoms with Gasteiger partial charge in [0.15, 0.2) is 11.0 Å². The fourth-order valence-corrected chi connectivity index (χ4v) is 3.91. The number of benzene rings is 3. The molecule has 1 N–H and O–H groups in total. The predicted molar refractivity (Wildman–Crippen MR) is 122 cm³/mol. The van der Waals surface area contributed by atoms with Crippen molar-refractivity contribution < 1.29 is 9.18 Å². The molecule has 0 aliphatic rings. The van der Waals surface area contributed by atoms with E-state index in [-0.39, 0.29) is 17.5 Å². The molecule has 0 bridgehead atoms. The summed E-state index contributed by atoms with van der Waals surface area (Å²) in [5, 5.41) is 12.2. The third kappa shape index (κ3) is 4.67. The van der Waals surface area contributed by atoms with Crippen LogP contribution in [0.15, 0.2) is 78.0 Å². The van der Waals surface area contributed by atoms with Crippen LogP contribution in [0.25, 0.3) is 17.1 Å². The van der Waals surface area contributed by atoms with Crippen LogP contribution in [0.5, 0.6) is 0 Å². The van der Waals surface area contributed by atoms with Crippen molar-refractivity contribution in [1.82, 2.24) is 14.8 Å². The number of rotatable bonds is 6. The van der Waals surface area contributed by atoms with Gasteiger partial charge in [0.1, 0.15) is 5.82 Å². The van der Waals surface area contributed by atoms with Gasteiger partial charge in [0.2, 0.25) is 5.91 Å². The molecule has 7 heteroatoms. The fraction of sp³-hybridized carbons (Fsp3) is 0.125. The molecule has 0 atom stereocenters. The number of aryl methyl sites for hydroxylation is 1. The Kier molecular flexibility index (Phi) is 6.13. The maximum Gasteiger partial charge on any atom is 0.234 e. The maximum absolute atomic E-state index is 13.4. The monoisotopic (exact) mass is 432 g/mol. The average Bonchev–Trinajstić information content (AvgIpc) is 3.20. The van der Waals surface area contributed by atoms with Crippen LogP contribution in [-0.4, -0.2) is 26.4 Å². The van der Waals surface area contributed by atoms with Crippen molar-refractivity contribution in [2.45, 2.75) is 19.0 Å². The van der Waals surface area contributed by atoms with Crippen molar-refractivity contribution in [3.63, 3.8) is 0 Å². The number of nitrogens with one attached hydrogen (secondary N) is 1. The Hall–Kier alpha value is -3.45. The van der Waals surface area contributed by atoms with Gasteiger partial charge in [-0.05, 0) is 67.4 Å². The Bertz CT molecular complexity index is 1210. The van der Waals surface area contributed by atoms with Crippen molar-refractivity contribution in [2.75, 3.05) is 11.1 Å². The van der Waals surface area contributed by atoms with E-state index in [2.05, 4.69) is 15.5 Å². The van der Waals surface area contributed by atoms with Crippen LogP contribution in [0.1, 0.15) is 11.1 Å². The van der Waals surface area contributed by atoms with Gasteiger partial charge < -0.3 is 5.32 Å². The summed E-state index contributed by atoms with van der Waals surface area (Å²) in [6.45, 7) is 4.00. The molecule has 0 aliphatic heterocycles. The number of hydrogen-bond acceptors (Lipinski definition) is 4. The molecule has 31 heavy (non-hydrogen) atoms. The van der Waals surface area contributed by atoms with Gasteiger partial charge in [-0.3, -0.25) is 9.36 Å². The lowest BCUT2D eigenvalue weighted by Gasteiger charge is -2.12. The molecule has 1 aromatic heterocycles. The number of carbonyl (C=O) groups is 1. The number of thioether (sulfide) groups is 1. The van der Waals surface area contributed by atoms with E-state index in [0.29, 0.717) is 11.0 Å². The average molecular weight is 433 g/mol. The first kappa shape index (κ1) is 20.8. The summed E-state index contributed by atoms with van der Waals surface area (Å²) in [7, 11) is 0. The first-order chi connectivity index (χ1) is 15.0. The van der Waals surface area contributed by atoms with E-state index in [1.807, 2.05) is 66.9 Å². The van der Waals surface area contributed by atoms with Crippen LogP contribution < -0.4 is 5.32 Å². The summed E-state index contributed by atoms with van der Waals surface area (Å²) in [4.78, 5) is 12.6. The molecule has 0 spiro atoms. The summed E-state index contributed by atoms with van der Waals surface area (Å²) in [5.74, 6) is 0.336. The number of nitrogens with zero attached hydrogens (tertiary/aromatic N) is 3. The van der Waals surface area contributed by atoms with Gasteiger partial charge in [0, 0.05) is 16.9 Å². The number of anilines is 1. The molecule has 0 fully saturated rings. The summed E-state index contributed by atoms with van der Waals surface area (Å²) in [6.07, 6.45) is 0. The number of amides is 1. The zero-order valence-corrected chi connectivity index (χ0v) is 18.0. The van der Waals surface area contributed by atoms with E-state index < -0.39 is 0 Å². The highest BCUT2D eigenvalue weighted by Crippen LogP contribution is 2.28. The van der Waals surface area contributed by atoms with Crippen LogP contribution in [0.3, 0.4) is 0 Å². The van der Waals surface area contributed by atoms with Crippen LogP contribution in [0, 0.1) is 19.7 Å². The number of para-hydroxylation sites is 1. The second-order valence-corrected chi connectivity index (χ2v) is 8.01. The number of hydrogen-bond donors (Lipinski definition) is 1. The zero-order valence-electron chi connectivity index (χ0n) is 17.2. The van der Waals surface area contributed by atoms with E-state index in [9.17, 15) is 9.18 Å². The Morgan fingerprint density at radius 2 is 1.71 bits per heavy atom. The molecule has 1 amide bonds. The molecule has 0 saturated carbocycles. The number of carbonyl (C=O) groups excluding carboxylic acids is 1. The van der Waals surface area contributed by atoms with Crippen molar-refractivity contribution in [1.29, 1.82) is 0 Å². The van der Waals surface area contributed by atoms with E-state index >= 15 is 0 Å². The molecule has 1 heterocycles. The van der Waals surface area contributed by atoms with Crippen molar-refractivity contribution in [2.24, 2.45) is 0 Å². The topological polar surface area (TPSA) is 59.8 Å². The van der Waals surface area contributed by atoms with E-state index in [4.69, 9.17) is 0 Å². The minimum absolute atomic E-state index is 0.121. The van der Waals surface area contributed by atoms with Crippen LogP contribution in [-0.2, 0) is 4.79 Å². The lowest BCUT2D eigenvalue weighted by atomic mass is 10.1. The SMILES string of the molecule is Cc1cccc(NC(=O)CSc2nnc(-c3ccc(F)cc3)n2-c2ccccc2)c1C. The second-order valence-electron chi connectivity index (χ2n) is 7.07. The van der Waals surface area contributed by atoms with Gasteiger partial charge >= 0.3 is 0 Å². The first-order valence-corrected chi connectivity index (χ1v) is 10.8. The Balaban J connectivity index is 1.59. The second kappa shape index (κ2) is 9.14. The third-order valence-electron chi connectivity index (χ3n) is 4.96. The van der Waals surface area contributed by atoms with E-state index in [1.165, 1.54) is 23.9 Å². The minimum Gasteiger partial charge on any atom is -0.325 e. The minimum atomic E-state index is -0.313. The highest BCUT2D eigenvalue weighted by atomic mass is 32.2. The normalized spacial score (nSPS) is 10.8. The van der Waals surface area contributed by atoms with Crippen molar-refractivity contribution in [3.05, 3.63) is 89.7 Å². The van der Waals surface area contributed by atoms with Crippen LogP contribution in [0.2, 0.25) is 0 Å². The fourth-order valence-electron chi connectivity index (χ4n) is 3.16. The van der Waals surface area contributed by atoms with Gasteiger partial charge in [-0.2, -0.15) is 0 Å². The molecule has 0 saturated heterocycles. The van der Waals surface area contributed by atoms with Gasteiger partial charge in [-0.25, -0.2) is 4.39 Å². The zero-order chi connectivity index (χ0) is 21.8. The van der Waals surface area contributed by atoms with Crippen LogP contribution >= 0.6 is 11.8 Å². The summed E-state index contributed by atoms with van der Waals surface area (Å²) < 4.78 is 15.3. The van der Waals surface area contributed by atoms with Crippen LogP contribution in [0.4, 0.5) is 10.1 Å². The molecular formula is C24H21FN4OS. The first-order valence-electron chi connectivity index (χ1n) is 9.78. The molecular weight excluding hydrogens is 411 g/mol. The quantitative estimate of drug-likeness (QED) is 0.413. The highest BCUT2D eigenvalue weighted by molar-refractivity contribution is 7.99. The van der Waals surface area contributed by atoms with Gasteiger partial charge in [-0.15, -0.1) is 10.2 Å². The summed E-state index contributed by atoms with van der Waals surface area (Å²) in [5.41, 5.74) is 4.58. The molecule has 5 nitrogen and oxygen atoms in total. The molecule has 3 aromatic carbocycles. The third-order valence-corrected chi connectivity index (χ3v) is 5.89.